The number of benzene rings is 3. The molecule has 3 aromatic carbocycles. The average Bonchev–Trinajstić information content (AvgIpc) is 2.89. The highest BCUT2D eigenvalue weighted by molar-refractivity contribution is 6.16. The van der Waals surface area contributed by atoms with Crippen molar-refractivity contribution in [2.75, 3.05) is 21.3 Å². The van der Waals surface area contributed by atoms with Crippen LogP contribution >= 0.6 is 0 Å². The normalized spacial score (nSPS) is 11.3. The first-order valence-corrected chi connectivity index (χ1v) is 10.7. The smallest absolute Gasteiger partial charge is 0.341 e. The van der Waals surface area contributed by atoms with Crippen LogP contribution in [0.4, 0.5) is 4.39 Å². The van der Waals surface area contributed by atoms with Crippen molar-refractivity contribution >= 4 is 17.8 Å². The summed E-state index contributed by atoms with van der Waals surface area (Å²) >= 11 is 0. The number of hydrogen-bond acceptors (Lipinski definition) is 7. The molecule has 0 N–H and O–H groups in total. The van der Waals surface area contributed by atoms with Crippen molar-refractivity contribution in [1.82, 2.24) is 0 Å². The molecule has 0 aromatic heterocycles. The summed E-state index contributed by atoms with van der Waals surface area (Å²) in [6.45, 7) is 0.262. The Morgan fingerprint density at radius 2 is 1.71 bits per heavy atom. The van der Waals surface area contributed by atoms with Gasteiger partial charge in [0, 0.05) is 5.56 Å². The maximum absolute atomic E-state index is 14.9. The summed E-state index contributed by atoms with van der Waals surface area (Å²) in [7, 11) is 4.13. The number of carbonyl (C=O) groups is 1. The van der Waals surface area contributed by atoms with Gasteiger partial charge in [-0.1, -0.05) is 59.8 Å². The summed E-state index contributed by atoms with van der Waals surface area (Å²) in [5.74, 6) is -1.08. The topological polar surface area (TPSA) is 75.6 Å². The minimum atomic E-state index is -0.632. The monoisotopic (exact) mass is 479 g/mol. The Morgan fingerprint density at radius 1 is 0.971 bits per heavy atom. The van der Waals surface area contributed by atoms with E-state index < -0.39 is 11.8 Å². The predicted octanol–water partition coefficient (Wildman–Crippen LogP) is 5.12. The molecule has 0 amide bonds. The van der Waals surface area contributed by atoms with Crippen molar-refractivity contribution in [2.45, 2.75) is 13.2 Å². The quantitative estimate of drug-likeness (QED) is 0.125. The molecule has 7 nitrogen and oxygen atoms in total. The third-order valence-electron chi connectivity index (χ3n) is 4.92. The standard InChI is InChI=1S/C27H26FNO6/c1-31-18-23(27(30)33-3)22-12-8-7-11-21(22)17-34-26-24(28)13-20(14-25(26)32-2)15-29-35-16-19-9-5-4-6-10-19/h4-15,18H,16-17H2,1-3H3/b23-18+,29-15+. The molecule has 35 heavy (non-hydrogen) atoms. The SMILES string of the molecule is CO/C=C(/C(=O)OC)c1ccccc1COc1c(F)cc(/C=N/OCc2ccccc2)cc1OC. The Bertz CT molecular complexity index is 1190. The third-order valence-corrected chi connectivity index (χ3v) is 4.92. The Balaban J connectivity index is 1.75. The lowest BCUT2D eigenvalue weighted by Crippen LogP contribution is -2.09. The average molecular weight is 480 g/mol. The molecule has 0 saturated carbocycles. The van der Waals surface area contributed by atoms with Crippen LogP contribution in [0.1, 0.15) is 22.3 Å². The fraction of sp³-hybridized carbons (Fsp3) is 0.185. The first-order valence-electron chi connectivity index (χ1n) is 10.7. The van der Waals surface area contributed by atoms with Crippen molar-refractivity contribution in [3.63, 3.8) is 0 Å². The van der Waals surface area contributed by atoms with Gasteiger partial charge in [0.15, 0.2) is 17.3 Å². The molecule has 0 radical (unpaired) electrons. The molecule has 0 saturated heterocycles. The molecule has 3 aromatic rings. The molecule has 0 unspecified atom stereocenters. The maximum Gasteiger partial charge on any atom is 0.341 e. The van der Waals surface area contributed by atoms with Gasteiger partial charge in [-0.2, -0.15) is 0 Å². The molecule has 0 atom stereocenters. The minimum Gasteiger partial charge on any atom is -0.503 e. The number of nitrogens with zero attached hydrogens (tertiary/aromatic N) is 1. The number of rotatable bonds is 11. The zero-order chi connectivity index (χ0) is 25.0. The van der Waals surface area contributed by atoms with Crippen molar-refractivity contribution in [1.29, 1.82) is 0 Å². The Kier molecular flexibility index (Phi) is 9.24. The van der Waals surface area contributed by atoms with Crippen molar-refractivity contribution < 1.29 is 33.0 Å². The number of hydrogen-bond donors (Lipinski definition) is 0. The van der Waals surface area contributed by atoms with Crippen molar-refractivity contribution in [3.05, 3.63) is 101 Å². The molecule has 0 heterocycles. The summed E-state index contributed by atoms with van der Waals surface area (Å²) in [6.07, 6.45) is 2.69. The molecule has 0 fully saturated rings. The molecular weight excluding hydrogens is 453 g/mol. The molecule has 8 heteroatoms. The van der Waals surface area contributed by atoms with Gasteiger partial charge in [-0.25, -0.2) is 9.18 Å². The van der Waals surface area contributed by atoms with Crippen molar-refractivity contribution in [2.24, 2.45) is 5.16 Å². The molecule has 0 aliphatic rings. The predicted molar refractivity (Wildman–Crippen MR) is 130 cm³/mol. The first-order chi connectivity index (χ1) is 17.1. The van der Waals surface area contributed by atoms with Gasteiger partial charge in [0.2, 0.25) is 0 Å². The van der Waals surface area contributed by atoms with E-state index in [1.807, 2.05) is 30.3 Å². The van der Waals surface area contributed by atoms with Crippen LogP contribution in [0.2, 0.25) is 0 Å². The van der Waals surface area contributed by atoms with E-state index in [0.29, 0.717) is 23.3 Å². The number of halogens is 1. The van der Waals surface area contributed by atoms with Gasteiger partial charge in [-0.15, -0.1) is 0 Å². The number of methoxy groups -OCH3 is 3. The zero-order valence-electron chi connectivity index (χ0n) is 19.7. The van der Waals surface area contributed by atoms with E-state index in [9.17, 15) is 9.18 Å². The first kappa shape index (κ1) is 25.3. The summed E-state index contributed by atoms with van der Waals surface area (Å²) in [4.78, 5) is 17.5. The van der Waals surface area contributed by atoms with Crippen LogP contribution in [0.25, 0.3) is 5.57 Å². The molecule has 0 aliphatic heterocycles. The highest BCUT2D eigenvalue weighted by atomic mass is 19.1. The van der Waals surface area contributed by atoms with Gasteiger partial charge in [0.25, 0.3) is 0 Å². The summed E-state index contributed by atoms with van der Waals surface area (Å²) < 4.78 is 35.9. The Hall–Kier alpha value is -4.33. The molecule has 0 spiro atoms. The van der Waals surface area contributed by atoms with Crippen LogP contribution in [0.15, 0.2) is 78.1 Å². The maximum atomic E-state index is 14.9. The lowest BCUT2D eigenvalue weighted by molar-refractivity contribution is -0.133. The van der Waals surface area contributed by atoms with Gasteiger partial charge in [-0.3, -0.25) is 0 Å². The summed E-state index contributed by atoms with van der Waals surface area (Å²) in [5.41, 5.74) is 2.79. The highest BCUT2D eigenvalue weighted by Crippen LogP contribution is 2.33. The fourth-order valence-corrected chi connectivity index (χ4v) is 3.25. The van der Waals surface area contributed by atoms with Crippen LogP contribution in [0, 0.1) is 5.82 Å². The van der Waals surface area contributed by atoms with E-state index in [0.717, 1.165) is 5.56 Å². The molecule has 3 rings (SSSR count). The van der Waals surface area contributed by atoms with Gasteiger partial charge in [-0.05, 0) is 28.8 Å². The highest BCUT2D eigenvalue weighted by Gasteiger charge is 2.19. The molecular formula is C27H26FNO6. The Morgan fingerprint density at radius 3 is 2.43 bits per heavy atom. The molecule has 182 valence electrons. The number of esters is 1. The third kappa shape index (κ3) is 6.83. The number of oxime groups is 1. The largest absolute Gasteiger partial charge is 0.503 e. The number of ether oxygens (including phenoxy) is 4. The second-order valence-corrected chi connectivity index (χ2v) is 7.23. The van der Waals surface area contributed by atoms with Crippen LogP contribution in [0.5, 0.6) is 11.5 Å². The van der Waals surface area contributed by atoms with Crippen LogP contribution in [-0.2, 0) is 32.3 Å². The van der Waals surface area contributed by atoms with Gasteiger partial charge in [0.1, 0.15) is 18.8 Å². The zero-order valence-corrected chi connectivity index (χ0v) is 19.7. The number of carbonyl (C=O) groups excluding carboxylic acids is 1. The Labute approximate surface area is 203 Å². The van der Waals surface area contributed by atoms with E-state index in [2.05, 4.69) is 5.16 Å². The lowest BCUT2D eigenvalue weighted by Gasteiger charge is -2.15. The second-order valence-electron chi connectivity index (χ2n) is 7.23. The van der Waals surface area contributed by atoms with E-state index >= 15 is 0 Å². The van der Waals surface area contributed by atoms with Gasteiger partial charge >= 0.3 is 5.97 Å². The summed E-state index contributed by atoms with van der Waals surface area (Å²) in [5, 5.41) is 3.90. The summed E-state index contributed by atoms with van der Waals surface area (Å²) in [6, 6.07) is 19.5. The van der Waals surface area contributed by atoms with Crippen LogP contribution in [0.3, 0.4) is 0 Å². The minimum absolute atomic E-state index is 0.0326. The van der Waals surface area contributed by atoms with E-state index in [-0.39, 0.29) is 23.7 Å². The second kappa shape index (κ2) is 12.8. The van der Waals surface area contributed by atoms with Crippen LogP contribution in [-0.4, -0.2) is 33.5 Å². The fourth-order valence-electron chi connectivity index (χ4n) is 3.25. The van der Waals surface area contributed by atoms with Gasteiger partial charge in [0.05, 0.1) is 33.8 Å². The van der Waals surface area contributed by atoms with E-state index in [1.54, 1.807) is 30.3 Å². The van der Waals surface area contributed by atoms with Gasteiger partial charge < -0.3 is 23.8 Å². The van der Waals surface area contributed by atoms with Crippen molar-refractivity contribution in [3.8, 4) is 11.5 Å². The molecule has 0 aliphatic carbocycles. The lowest BCUT2D eigenvalue weighted by atomic mass is 10.0. The van der Waals surface area contributed by atoms with E-state index in [4.69, 9.17) is 23.8 Å². The molecule has 0 bridgehead atoms. The van der Waals surface area contributed by atoms with Crippen LogP contribution < -0.4 is 9.47 Å². The van der Waals surface area contributed by atoms with E-state index in [1.165, 1.54) is 39.9 Å².